The first kappa shape index (κ1) is 14.0. The summed E-state index contributed by atoms with van der Waals surface area (Å²) in [4.78, 5) is 7.90. The fourth-order valence-electron chi connectivity index (χ4n) is 2.29. The van der Waals surface area contributed by atoms with Crippen LogP contribution in [-0.2, 0) is 0 Å². The van der Waals surface area contributed by atoms with Crippen molar-refractivity contribution in [2.45, 2.75) is 26.9 Å². The van der Waals surface area contributed by atoms with Crippen LogP contribution in [-0.4, -0.2) is 9.97 Å². The molecule has 0 aliphatic heterocycles. The Balaban J connectivity index is 1.85. The van der Waals surface area contributed by atoms with Crippen molar-refractivity contribution in [3.05, 3.63) is 58.4 Å². The molecule has 1 heterocycles. The number of ether oxygens (including phenoxy) is 1. The number of hydrogen-bond donors (Lipinski definition) is 1. The van der Waals surface area contributed by atoms with Crippen LogP contribution in [0.5, 0.6) is 5.75 Å². The molecule has 0 bridgehead atoms. The molecule has 0 saturated heterocycles. The molecule has 0 fully saturated rings. The van der Waals surface area contributed by atoms with Crippen molar-refractivity contribution in [1.29, 1.82) is 0 Å². The third-order valence-electron chi connectivity index (χ3n) is 3.48. The summed E-state index contributed by atoms with van der Waals surface area (Å²) in [6, 6.07) is 11.8. The number of nitrogens with one attached hydrogen (secondary N) is 1. The molecule has 4 heteroatoms. The zero-order valence-corrected chi connectivity index (χ0v) is 13.0. The van der Waals surface area contributed by atoms with Crippen molar-refractivity contribution < 1.29 is 4.74 Å². The van der Waals surface area contributed by atoms with E-state index in [4.69, 9.17) is 16.3 Å². The van der Waals surface area contributed by atoms with Crippen LogP contribution < -0.4 is 4.74 Å². The number of nitrogens with zero attached hydrogens (tertiary/aromatic N) is 1. The zero-order valence-electron chi connectivity index (χ0n) is 12.3. The number of aryl methyl sites for hydroxylation is 2. The molecule has 0 amide bonds. The maximum Gasteiger partial charge on any atom is 0.153 e. The maximum atomic E-state index is 6.03. The van der Waals surface area contributed by atoms with Gasteiger partial charge in [0, 0.05) is 5.02 Å². The molecule has 0 saturated carbocycles. The quantitative estimate of drug-likeness (QED) is 0.741. The van der Waals surface area contributed by atoms with E-state index >= 15 is 0 Å². The van der Waals surface area contributed by atoms with Gasteiger partial charge in [-0.1, -0.05) is 17.7 Å². The van der Waals surface area contributed by atoms with E-state index in [0.717, 1.165) is 33.2 Å². The molecular formula is C17H17ClN2O. The molecule has 0 spiro atoms. The topological polar surface area (TPSA) is 37.9 Å². The molecule has 3 rings (SSSR count). The Morgan fingerprint density at radius 1 is 1.14 bits per heavy atom. The number of rotatable bonds is 3. The lowest BCUT2D eigenvalue weighted by Gasteiger charge is -2.13. The average Bonchev–Trinajstić information content (AvgIpc) is 2.86. The first-order chi connectivity index (χ1) is 10.0. The summed E-state index contributed by atoms with van der Waals surface area (Å²) in [7, 11) is 0. The molecule has 1 aromatic heterocycles. The molecule has 2 aromatic carbocycles. The molecule has 21 heavy (non-hydrogen) atoms. The Bertz CT molecular complexity index is 795. The van der Waals surface area contributed by atoms with Crippen molar-refractivity contribution >= 4 is 22.6 Å². The molecule has 0 aliphatic rings. The minimum Gasteiger partial charge on any atom is -0.483 e. The monoisotopic (exact) mass is 300 g/mol. The fraction of sp³-hybridized carbons (Fsp3) is 0.235. The molecule has 108 valence electrons. The summed E-state index contributed by atoms with van der Waals surface area (Å²) in [5, 5.41) is 0.745. The van der Waals surface area contributed by atoms with Gasteiger partial charge in [0.2, 0.25) is 0 Å². The van der Waals surface area contributed by atoms with Gasteiger partial charge in [0.15, 0.2) is 6.10 Å². The minimum absolute atomic E-state index is 0.154. The van der Waals surface area contributed by atoms with Crippen molar-refractivity contribution in [3.63, 3.8) is 0 Å². The number of halogens is 1. The molecule has 3 aromatic rings. The molecular weight excluding hydrogens is 284 g/mol. The summed E-state index contributed by atoms with van der Waals surface area (Å²) in [5.74, 6) is 1.62. The minimum atomic E-state index is -0.154. The van der Waals surface area contributed by atoms with Gasteiger partial charge in [-0.2, -0.15) is 0 Å². The Morgan fingerprint density at radius 3 is 2.71 bits per heavy atom. The van der Waals surface area contributed by atoms with E-state index in [-0.39, 0.29) is 6.10 Å². The Hall–Kier alpha value is -2.00. The molecule has 0 unspecified atom stereocenters. The van der Waals surface area contributed by atoms with E-state index in [0.29, 0.717) is 0 Å². The lowest BCUT2D eigenvalue weighted by atomic mass is 10.2. The fourth-order valence-corrected chi connectivity index (χ4v) is 2.40. The van der Waals surface area contributed by atoms with Gasteiger partial charge in [0.05, 0.1) is 11.0 Å². The largest absolute Gasteiger partial charge is 0.483 e. The predicted molar refractivity (Wildman–Crippen MR) is 86.1 cm³/mol. The van der Waals surface area contributed by atoms with Crippen molar-refractivity contribution in [2.24, 2.45) is 0 Å². The van der Waals surface area contributed by atoms with Gasteiger partial charge in [0.25, 0.3) is 0 Å². The Labute approximate surface area is 128 Å². The first-order valence-corrected chi connectivity index (χ1v) is 7.30. The van der Waals surface area contributed by atoms with Crippen LogP contribution in [0.15, 0.2) is 36.4 Å². The predicted octanol–water partition coefficient (Wildman–Crippen LogP) is 4.97. The highest BCUT2D eigenvalue weighted by molar-refractivity contribution is 6.31. The second-order valence-electron chi connectivity index (χ2n) is 5.31. The third kappa shape index (κ3) is 2.88. The number of imidazole rings is 1. The Morgan fingerprint density at radius 2 is 1.95 bits per heavy atom. The molecule has 0 aliphatic carbocycles. The summed E-state index contributed by atoms with van der Waals surface area (Å²) >= 11 is 6.03. The molecule has 1 N–H and O–H groups in total. The van der Waals surface area contributed by atoms with Crippen molar-refractivity contribution in [3.8, 4) is 5.75 Å². The second-order valence-corrected chi connectivity index (χ2v) is 5.72. The van der Waals surface area contributed by atoms with Gasteiger partial charge in [0.1, 0.15) is 11.6 Å². The van der Waals surface area contributed by atoms with Crippen LogP contribution >= 0.6 is 11.6 Å². The molecule has 1 atom stereocenters. The zero-order chi connectivity index (χ0) is 15.0. The normalized spacial score (nSPS) is 12.6. The average molecular weight is 301 g/mol. The van der Waals surface area contributed by atoms with Crippen LogP contribution in [0.4, 0.5) is 0 Å². The molecule has 0 radical (unpaired) electrons. The maximum absolute atomic E-state index is 6.03. The number of aromatic amines is 1. The summed E-state index contributed by atoms with van der Waals surface area (Å²) in [6.45, 7) is 6.01. The highest BCUT2D eigenvalue weighted by Crippen LogP contribution is 2.26. The number of aromatic nitrogens is 2. The van der Waals surface area contributed by atoms with Gasteiger partial charge in [-0.05, 0) is 62.2 Å². The van der Waals surface area contributed by atoms with E-state index in [9.17, 15) is 0 Å². The van der Waals surface area contributed by atoms with E-state index in [2.05, 4.69) is 29.0 Å². The van der Waals surface area contributed by atoms with Gasteiger partial charge < -0.3 is 9.72 Å². The second kappa shape index (κ2) is 5.41. The van der Waals surface area contributed by atoms with Crippen LogP contribution in [0, 0.1) is 13.8 Å². The van der Waals surface area contributed by atoms with E-state index in [1.165, 1.54) is 5.56 Å². The van der Waals surface area contributed by atoms with E-state index in [1.54, 1.807) is 0 Å². The number of hydrogen-bond acceptors (Lipinski definition) is 2. The van der Waals surface area contributed by atoms with Crippen LogP contribution in [0.25, 0.3) is 11.0 Å². The highest BCUT2D eigenvalue weighted by atomic mass is 35.5. The lowest BCUT2D eigenvalue weighted by molar-refractivity contribution is 0.218. The summed E-state index contributed by atoms with van der Waals surface area (Å²) in [6.07, 6.45) is -0.154. The number of benzene rings is 2. The summed E-state index contributed by atoms with van der Waals surface area (Å²) < 4.78 is 5.94. The van der Waals surface area contributed by atoms with Gasteiger partial charge in [-0.25, -0.2) is 4.98 Å². The van der Waals surface area contributed by atoms with Crippen molar-refractivity contribution in [2.75, 3.05) is 0 Å². The van der Waals surface area contributed by atoms with Crippen LogP contribution in [0.3, 0.4) is 0 Å². The SMILES string of the molecule is Cc1ccc2nc([C@@H](C)Oc3ccc(Cl)c(C)c3)[nH]c2c1. The summed E-state index contributed by atoms with van der Waals surface area (Å²) in [5.41, 5.74) is 4.20. The van der Waals surface area contributed by atoms with Crippen LogP contribution in [0.1, 0.15) is 30.0 Å². The first-order valence-electron chi connectivity index (χ1n) is 6.92. The van der Waals surface area contributed by atoms with E-state index < -0.39 is 0 Å². The van der Waals surface area contributed by atoms with Gasteiger partial charge in [-0.15, -0.1) is 0 Å². The van der Waals surface area contributed by atoms with Gasteiger partial charge >= 0.3 is 0 Å². The molecule has 3 nitrogen and oxygen atoms in total. The Kier molecular flexibility index (Phi) is 3.60. The third-order valence-corrected chi connectivity index (χ3v) is 3.91. The van der Waals surface area contributed by atoms with Crippen molar-refractivity contribution in [1.82, 2.24) is 9.97 Å². The van der Waals surface area contributed by atoms with E-state index in [1.807, 2.05) is 38.1 Å². The van der Waals surface area contributed by atoms with Crippen LogP contribution in [0.2, 0.25) is 5.02 Å². The smallest absolute Gasteiger partial charge is 0.153 e. The standard InChI is InChI=1S/C17H17ClN2O/c1-10-4-7-15-16(8-10)20-17(19-15)12(3)21-13-5-6-14(18)11(2)9-13/h4-9,12H,1-3H3,(H,19,20)/t12-/m1/s1. The van der Waals surface area contributed by atoms with Gasteiger partial charge in [-0.3, -0.25) is 0 Å². The number of fused-ring (bicyclic) bond motifs is 1. The highest BCUT2D eigenvalue weighted by Gasteiger charge is 2.13. The lowest BCUT2D eigenvalue weighted by Crippen LogP contribution is -2.05. The number of H-pyrrole nitrogens is 1.